The molecule has 0 fully saturated rings. The van der Waals surface area contributed by atoms with E-state index in [1.807, 2.05) is 58.3 Å². The summed E-state index contributed by atoms with van der Waals surface area (Å²) in [6.45, 7) is 7.25. The van der Waals surface area contributed by atoms with Crippen molar-refractivity contribution in [2.75, 3.05) is 6.61 Å². The highest BCUT2D eigenvalue weighted by atomic mass is 32.1. The minimum atomic E-state index is -0.344. The number of carbonyl (C=O) groups is 2. The lowest BCUT2D eigenvalue weighted by atomic mass is 10.2. The fourth-order valence-corrected chi connectivity index (χ4v) is 4.55. The quantitative estimate of drug-likeness (QED) is 0.503. The average molecular weight is 417 g/mol. The first-order chi connectivity index (χ1) is 13.5. The molecule has 0 aromatic carbocycles. The predicted molar refractivity (Wildman–Crippen MR) is 113 cm³/mol. The second kappa shape index (κ2) is 9.21. The Kier molecular flexibility index (Phi) is 6.70. The van der Waals surface area contributed by atoms with Crippen LogP contribution in [0.1, 0.15) is 38.4 Å². The van der Waals surface area contributed by atoms with E-state index in [9.17, 15) is 9.59 Å². The molecule has 0 radical (unpaired) electrons. The van der Waals surface area contributed by atoms with Gasteiger partial charge in [0, 0.05) is 21.1 Å². The summed E-state index contributed by atoms with van der Waals surface area (Å²) in [6, 6.07) is 9.89. The SMILES string of the molecule is CCOC(=O)c1cc(C)n(CC(=O)N(Cc2cccs2)Cc2cccs2)c1C. The van der Waals surface area contributed by atoms with E-state index in [1.54, 1.807) is 35.7 Å². The molecule has 0 aliphatic heterocycles. The molecule has 0 atom stereocenters. The molecule has 0 bridgehead atoms. The molecule has 0 spiro atoms. The number of hydrogen-bond acceptors (Lipinski definition) is 5. The number of aromatic nitrogens is 1. The Balaban J connectivity index is 1.80. The van der Waals surface area contributed by atoms with Crippen molar-refractivity contribution in [2.45, 2.75) is 40.4 Å². The van der Waals surface area contributed by atoms with E-state index >= 15 is 0 Å². The van der Waals surface area contributed by atoms with Gasteiger partial charge >= 0.3 is 5.97 Å². The Labute approximate surface area is 173 Å². The summed E-state index contributed by atoms with van der Waals surface area (Å²) in [4.78, 5) is 29.5. The number of carbonyl (C=O) groups excluding carboxylic acids is 2. The molecule has 0 unspecified atom stereocenters. The van der Waals surface area contributed by atoms with Crippen LogP contribution in [0.5, 0.6) is 0 Å². The highest BCUT2D eigenvalue weighted by Gasteiger charge is 2.21. The maximum absolute atomic E-state index is 13.2. The summed E-state index contributed by atoms with van der Waals surface area (Å²) in [6.07, 6.45) is 0. The maximum atomic E-state index is 13.2. The smallest absolute Gasteiger partial charge is 0.339 e. The minimum Gasteiger partial charge on any atom is -0.462 e. The Morgan fingerprint density at radius 3 is 2.18 bits per heavy atom. The van der Waals surface area contributed by atoms with Crippen LogP contribution in [0.25, 0.3) is 0 Å². The van der Waals surface area contributed by atoms with Crippen molar-refractivity contribution < 1.29 is 14.3 Å². The van der Waals surface area contributed by atoms with E-state index in [-0.39, 0.29) is 18.4 Å². The zero-order chi connectivity index (χ0) is 20.1. The molecule has 7 heteroatoms. The van der Waals surface area contributed by atoms with Gasteiger partial charge in [-0.05, 0) is 49.7 Å². The number of rotatable bonds is 8. The molecule has 0 saturated carbocycles. The van der Waals surface area contributed by atoms with Gasteiger partial charge in [0.05, 0.1) is 25.3 Å². The van der Waals surface area contributed by atoms with Crippen LogP contribution in [0.4, 0.5) is 0 Å². The van der Waals surface area contributed by atoms with Crippen molar-refractivity contribution >= 4 is 34.6 Å². The van der Waals surface area contributed by atoms with Gasteiger partial charge < -0.3 is 14.2 Å². The molecule has 3 heterocycles. The predicted octanol–water partition coefficient (Wildman–Crippen LogP) is 4.63. The highest BCUT2D eigenvalue weighted by Crippen LogP contribution is 2.20. The van der Waals surface area contributed by atoms with Gasteiger partial charge in [-0.2, -0.15) is 0 Å². The third-order valence-electron chi connectivity index (χ3n) is 4.57. The topological polar surface area (TPSA) is 51.5 Å². The fourth-order valence-electron chi connectivity index (χ4n) is 3.11. The van der Waals surface area contributed by atoms with Crippen molar-refractivity contribution in [3.63, 3.8) is 0 Å². The molecule has 3 aromatic rings. The first kappa shape index (κ1) is 20.4. The molecule has 0 N–H and O–H groups in total. The van der Waals surface area contributed by atoms with Gasteiger partial charge in [-0.3, -0.25) is 4.79 Å². The van der Waals surface area contributed by atoms with Crippen molar-refractivity contribution in [3.05, 3.63) is 67.8 Å². The zero-order valence-corrected chi connectivity index (χ0v) is 17.9. The molecule has 148 valence electrons. The number of ether oxygens (including phenoxy) is 1. The standard InChI is InChI=1S/C21H24N2O3S2/c1-4-26-21(25)19-11-15(2)23(16(19)3)14-20(24)22(12-17-7-5-9-27-17)13-18-8-6-10-28-18/h5-11H,4,12-14H2,1-3H3. The molecule has 0 aliphatic carbocycles. The van der Waals surface area contributed by atoms with Gasteiger partial charge in [0.25, 0.3) is 0 Å². The highest BCUT2D eigenvalue weighted by molar-refractivity contribution is 7.10. The van der Waals surface area contributed by atoms with Crippen molar-refractivity contribution in [1.29, 1.82) is 0 Å². The Hall–Kier alpha value is -2.38. The lowest BCUT2D eigenvalue weighted by molar-refractivity contribution is -0.133. The van der Waals surface area contributed by atoms with Gasteiger partial charge in [0.15, 0.2) is 0 Å². The Bertz CT molecular complexity index is 891. The van der Waals surface area contributed by atoms with Crippen LogP contribution in [0.2, 0.25) is 0 Å². The first-order valence-electron chi connectivity index (χ1n) is 9.16. The third-order valence-corrected chi connectivity index (χ3v) is 6.29. The molecule has 5 nitrogen and oxygen atoms in total. The molecule has 3 aromatic heterocycles. The Morgan fingerprint density at radius 2 is 1.68 bits per heavy atom. The summed E-state index contributed by atoms with van der Waals surface area (Å²) >= 11 is 3.30. The molecular formula is C21H24N2O3S2. The van der Waals surface area contributed by atoms with Crippen LogP contribution in [-0.2, 0) is 29.2 Å². The number of aryl methyl sites for hydroxylation is 1. The van der Waals surface area contributed by atoms with Crippen molar-refractivity contribution in [2.24, 2.45) is 0 Å². The molecular weight excluding hydrogens is 392 g/mol. The van der Waals surface area contributed by atoms with Crippen LogP contribution < -0.4 is 0 Å². The lowest BCUT2D eigenvalue weighted by Gasteiger charge is -2.23. The van der Waals surface area contributed by atoms with Gasteiger partial charge in [-0.25, -0.2) is 4.79 Å². The lowest BCUT2D eigenvalue weighted by Crippen LogP contribution is -2.33. The Morgan fingerprint density at radius 1 is 1.07 bits per heavy atom. The summed E-state index contributed by atoms with van der Waals surface area (Å²) in [5.41, 5.74) is 2.16. The summed E-state index contributed by atoms with van der Waals surface area (Å²) in [7, 11) is 0. The number of amides is 1. The molecule has 28 heavy (non-hydrogen) atoms. The fraction of sp³-hybridized carbons (Fsp3) is 0.333. The van der Waals surface area contributed by atoms with E-state index in [0.29, 0.717) is 25.3 Å². The van der Waals surface area contributed by atoms with E-state index < -0.39 is 0 Å². The van der Waals surface area contributed by atoms with Crippen LogP contribution in [0.3, 0.4) is 0 Å². The van der Waals surface area contributed by atoms with Gasteiger partial charge in [0.1, 0.15) is 6.54 Å². The molecule has 3 rings (SSSR count). The number of thiophene rings is 2. The third kappa shape index (κ3) is 4.72. The summed E-state index contributed by atoms with van der Waals surface area (Å²) < 4.78 is 7.02. The van der Waals surface area contributed by atoms with Crippen LogP contribution in [-0.4, -0.2) is 28.0 Å². The minimum absolute atomic E-state index is 0.0269. The summed E-state index contributed by atoms with van der Waals surface area (Å²) in [5.74, 6) is -0.317. The van der Waals surface area contributed by atoms with Crippen molar-refractivity contribution in [3.8, 4) is 0 Å². The molecule has 0 saturated heterocycles. The largest absolute Gasteiger partial charge is 0.462 e. The van der Waals surface area contributed by atoms with Gasteiger partial charge in [0.2, 0.25) is 5.91 Å². The van der Waals surface area contributed by atoms with Crippen LogP contribution >= 0.6 is 22.7 Å². The zero-order valence-electron chi connectivity index (χ0n) is 16.3. The van der Waals surface area contributed by atoms with Gasteiger partial charge in [-0.1, -0.05) is 12.1 Å². The van der Waals surface area contributed by atoms with E-state index in [2.05, 4.69) is 0 Å². The van der Waals surface area contributed by atoms with Crippen LogP contribution in [0, 0.1) is 13.8 Å². The monoisotopic (exact) mass is 416 g/mol. The van der Waals surface area contributed by atoms with Crippen LogP contribution in [0.15, 0.2) is 41.1 Å². The van der Waals surface area contributed by atoms with E-state index in [0.717, 1.165) is 21.1 Å². The number of nitrogens with zero attached hydrogens (tertiary/aromatic N) is 2. The number of esters is 1. The first-order valence-corrected chi connectivity index (χ1v) is 10.9. The van der Waals surface area contributed by atoms with Crippen molar-refractivity contribution in [1.82, 2.24) is 9.47 Å². The molecule has 0 aliphatic rings. The van der Waals surface area contributed by atoms with E-state index in [4.69, 9.17) is 4.74 Å². The summed E-state index contributed by atoms with van der Waals surface area (Å²) in [5, 5.41) is 4.05. The van der Waals surface area contributed by atoms with E-state index in [1.165, 1.54) is 0 Å². The number of hydrogen-bond donors (Lipinski definition) is 0. The average Bonchev–Trinajstić information content (AvgIpc) is 3.41. The van der Waals surface area contributed by atoms with Gasteiger partial charge in [-0.15, -0.1) is 22.7 Å². The second-order valence-corrected chi connectivity index (χ2v) is 8.56. The second-order valence-electron chi connectivity index (χ2n) is 6.50. The molecule has 1 amide bonds. The normalized spacial score (nSPS) is 10.8. The maximum Gasteiger partial charge on any atom is 0.339 e.